The van der Waals surface area contributed by atoms with Gasteiger partial charge in [0.2, 0.25) is 0 Å². The number of thiazole rings is 1. The van der Waals surface area contributed by atoms with Gasteiger partial charge in [-0.3, -0.25) is 9.48 Å². The van der Waals surface area contributed by atoms with Crippen LogP contribution in [0.3, 0.4) is 0 Å². The lowest BCUT2D eigenvalue weighted by Gasteiger charge is -1.99. The molecule has 0 radical (unpaired) electrons. The van der Waals surface area contributed by atoms with Crippen molar-refractivity contribution in [3.05, 3.63) is 29.0 Å². The minimum atomic E-state index is -0.859. The van der Waals surface area contributed by atoms with Crippen LogP contribution in [0.5, 0.6) is 0 Å². The first-order chi connectivity index (χ1) is 8.63. The molecule has 0 amide bonds. The van der Waals surface area contributed by atoms with Gasteiger partial charge >= 0.3 is 5.97 Å². The largest absolute Gasteiger partial charge is 0.481 e. The minimum Gasteiger partial charge on any atom is -0.481 e. The fourth-order valence-electron chi connectivity index (χ4n) is 1.54. The molecule has 7 heteroatoms. The highest BCUT2D eigenvalue weighted by Crippen LogP contribution is 2.15. The summed E-state index contributed by atoms with van der Waals surface area (Å²) in [5.74, 6) is -0.859. The number of rotatable bonds is 6. The zero-order chi connectivity index (χ0) is 13.0. The van der Waals surface area contributed by atoms with Crippen molar-refractivity contribution in [2.75, 3.05) is 11.9 Å². The van der Waals surface area contributed by atoms with Crippen molar-refractivity contribution in [2.24, 2.45) is 7.05 Å². The van der Waals surface area contributed by atoms with Crippen molar-refractivity contribution in [1.29, 1.82) is 0 Å². The number of aryl methyl sites for hydroxylation is 1. The van der Waals surface area contributed by atoms with E-state index in [1.807, 2.05) is 19.4 Å². The number of nitrogens with zero attached hydrogens (tertiary/aromatic N) is 3. The Labute approximate surface area is 108 Å². The molecular weight excluding hydrogens is 252 g/mol. The lowest BCUT2D eigenvalue weighted by molar-refractivity contribution is -0.136. The van der Waals surface area contributed by atoms with E-state index >= 15 is 0 Å². The van der Waals surface area contributed by atoms with Gasteiger partial charge in [-0.25, -0.2) is 4.98 Å². The van der Waals surface area contributed by atoms with Gasteiger partial charge in [0.15, 0.2) is 5.13 Å². The fourth-order valence-corrected chi connectivity index (χ4v) is 2.28. The van der Waals surface area contributed by atoms with Gasteiger partial charge in [0.25, 0.3) is 0 Å². The predicted octanol–water partition coefficient (Wildman–Crippen LogP) is 1.16. The topological polar surface area (TPSA) is 80.0 Å². The molecule has 18 heavy (non-hydrogen) atoms. The van der Waals surface area contributed by atoms with Gasteiger partial charge in [-0.05, 0) is 12.0 Å². The second kappa shape index (κ2) is 5.63. The second-order valence-corrected chi connectivity index (χ2v) is 4.77. The van der Waals surface area contributed by atoms with E-state index in [4.69, 9.17) is 5.11 Å². The zero-order valence-corrected chi connectivity index (χ0v) is 10.8. The molecule has 0 saturated heterocycles. The Morgan fingerprint density at radius 3 is 3.11 bits per heavy atom. The number of aliphatic carboxylic acids is 1. The first kappa shape index (κ1) is 12.6. The third kappa shape index (κ3) is 3.56. The summed E-state index contributed by atoms with van der Waals surface area (Å²) in [6.07, 6.45) is 4.64. The van der Waals surface area contributed by atoms with Crippen LogP contribution in [0, 0.1) is 0 Å². The highest BCUT2D eigenvalue weighted by Gasteiger charge is 2.05. The van der Waals surface area contributed by atoms with Crippen molar-refractivity contribution >= 4 is 22.4 Å². The molecule has 0 atom stereocenters. The smallest absolute Gasteiger partial charge is 0.309 e. The van der Waals surface area contributed by atoms with Crippen LogP contribution in [0.25, 0.3) is 0 Å². The fraction of sp³-hybridized carbons (Fsp3) is 0.364. The van der Waals surface area contributed by atoms with Crippen molar-refractivity contribution in [3.63, 3.8) is 0 Å². The van der Waals surface area contributed by atoms with Crippen LogP contribution in [-0.4, -0.2) is 32.4 Å². The van der Waals surface area contributed by atoms with Crippen LogP contribution in [0.2, 0.25) is 0 Å². The summed E-state index contributed by atoms with van der Waals surface area (Å²) in [4.78, 5) is 14.7. The number of hydrogen-bond acceptors (Lipinski definition) is 5. The summed E-state index contributed by atoms with van der Waals surface area (Å²) in [7, 11) is 1.88. The second-order valence-electron chi connectivity index (χ2n) is 3.91. The molecule has 2 aromatic heterocycles. The number of carboxylic acid groups (broad SMARTS) is 1. The summed E-state index contributed by atoms with van der Waals surface area (Å²) < 4.78 is 1.77. The first-order valence-corrected chi connectivity index (χ1v) is 6.39. The average Bonchev–Trinajstić information content (AvgIpc) is 2.88. The predicted molar refractivity (Wildman–Crippen MR) is 68.9 cm³/mol. The monoisotopic (exact) mass is 266 g/mol. The van der Waals surface area contributed by atoms with E-state index in [9.17, 15) is 4.79 Å². The lowest BCUT2D eigenvalue weighted by atomic mass is 10.2. The van der Waals surface area contributed by atoms with E-state index in [0.29, 0.717) is 5.69 Å². The highest BCUT2D eigenvalue weighted by molar-refractivity contribution is 7.13. The van der Waals surface area contributed by atoms with Crippen LogP contribution in [0.4, 0.5) is 5.13 Å². The number of anilines is 1. The van der Waals surface area contributed by atoms with E-state index < -0.39 is 5.97 Å². The summed E-state index contributed by atoms with van der Waals surface area (Å²) in [6, 6.07) is 0. The number of aromatic nitrogens is 3. The maximum atomic E-state index is 10.5. The summed E-state index contributed by atoms with van der Waals surface area (Å²) in [5.41, 5.74) is 1.75. The highest BCUT2D eigenvalue weighted by atomic mass is 32.1. The Bertz CT molecular complexity index is 535. The van der Waals surface area contributed by atoms with E-state index in [1.54, 1.807) is 10.1 Å². The Hall–Kier alpha value is -1.89. The molecule has 0 aliphatic carbocycles. The summed E-state index contributed by atoms with van der Waals surface area (Å²) in [6.45, 7) is 0.756. The molecule has 0 aromatic carbocycles. The molecule has 0 bridgehead atoms. The van der Waals surface area contributed by atoms with Crippen molar-refractivity contribution in [3.8, 4) is 0 Å². The first-order valence-electron chi connectivity index (χ1n) is 5.51. The quantitative estimate of drug-likeness (QED) is 0.820. The van der Waals surface area contributed by atoms with Crippen molar-refractivity contribution in [2.45, 2.75) is 12.8 Å². The molecule has 6 nitrogen and oxygen atoms in total. The number of carbonyl (C=O) groups is 1. The lowest BCUT2D eigenvalue weighted by Crippen LogP contribution is -2.05. The summed E-state index contributed by atoms with van der Waals surface area (Å²) >= 11 is 1.43. The van der Waals surface area contributed by atoms with Crippen LogP contribution >= 0.6 is 11.3 Å². The molecular formula is C11H14N4O2S. The van der Waals surface area contributed by atoms with Crippen LogP contribution < -0.4 is 5.32 Å². The Morgan fingerprint density at radius 2 is 2.44 bits per heavy atom. The maximum Gasteiger partial charge on any atom is 0.309 e. The van der Waals surface area contributed by atoms with Gasteiger partial charge in [-0.15, -0.1) is 11.3 Å². The third-order valence-corrected chi connectivity index (χ3v) is 3.18. The van der Waals surface area contributed by atoms with E-state index in [0.717, 1.165) is 23.7 Å². The molecule has 0 spiro atoms. The van der Waals surface area contributed by atoms with Gasteiger partial charge in [0.1, 0.15) is 0 Å². The maximum absolute atomic E-state index is 10.5. The van der Waals surface area contributed by atoms with E-state index in [1.165, 1.54) is 11.3 Å². The summed E-state index contributed by atoms with van der Waals surface area (Å²) in [5, 5.41) is 18.4. The average molecular weight is 266 g/mol. The van der Waals surface area contributed by atoms with Crippen LogP contribution in [0.15, 0.2) is 17.8 Å². The normalized spacial score (nSPS) is 10.5. The van der Waals surface area contributed by atoms with E-state index in [-0.39, 0.29) is 6.42 Å². The molecule has 0 unspecified atom stereocenters. The molecule has 0 saturated carbocycles. The third-order valence-electron chi connectivity index (χ3n) is 2.33. The van der Waals surface area contributed by atoms with Gasteiger partial charge < -0.3 is 10.4 Å². The van der Waals surface area contributed by atoms with E-state index in [2.05, 4.69) is 15.4 Å². The molecule has 96 valence electrons. The van der Waals surface area contributed by atoms with Crippen molar-refractivity contribution in [1.82, 2.24) is 14.8 Å². The Balaban J connectivity index is 1.79. The molecule has 2 rings (SSSR count). The molecule has 0 fully saturated rings. The minimum absolute atomic E-state index is 0.0270. The standard InChI is InChI=1S/C11H14N4O2S/c1-15-6-8(5-13-15)2-3-12-11-14-9(7-18-11)4-10(16)17/h5-7H,2-4H2,1H3,(H,12,14)(H,16,17). The number of hydrogen-bond donors (Lipinski definition) is 2. The van der Waals surface area contributed by atoms with Gasteiger partial charge in [-0.1, -0.05) is 0 Å². The Kier molecular flexibility index (Phi) is 3.93. The van der Waals surface area contributed by atoms with Crippen molar-refractivity contribution < 1.29 is 9.90 Å². The van der Waals surface area contributed by atoms with Gasteiger partial charge in [0.05, 0.1) is 18.3 Å². The molecule has 2 N–H and O–H groups in total. The molecule has 0 aliphatic rings. The van der Waals surface area contributed by atoms with Crippen LogP contribution in [-0.2, 0) is 24.7 Å². The Morgan fingerprint density at radius 1 is 1.61 bits per heavy atom. The SMILES string of the molecule is Cn1cc(CCNc2nc(CC(=O)O)cs2)cn1. The van der Waals surface area contributed by atoms with Gasteiger partial charge in [-0.2, -0.15) is 5.10 Å². The molecule has 2 aromatic rings. The number of nitrogens with one attached hydrogen (secondary N) is 1. The number of carboxylic acids is 1. The van der Waals surface area contributed by atoms with Gasteiger partial charge in [0, 0.05) is 25.2 Å². The zero-order valence-electron chi connectivity index (χ0n) is 9.96. The molecule has 2 heterocycles. The molecule has 0 aliphatic heterocycles. The van der Waals surface area contributed by atoms with Crippen LogP contribution in [0.1, 0.15) is 11.3 Å².